The Morgan fingerprint density at radius 3 is 2.25 bits per heavy atom. The van der Waals surface area contributed by atoms with Gasteiger partial charge in [-0.1, -0.05) is 0 Å². The van der Waals surface area contributed by atoms with E-state index < -0.39 is 17.4 Å². The summed E-state index contributed by atoms with van der Waals surface area (Å²) in [7, 11) is 0. The second-order valence-corrected chi connectivity index (χ2v) is 7.96. The van der Waals surface area contributed by atoms with Gasteiger partial charge < -0.3 is 19.3 Å². The zero-order chi connectivity index (χ0) is 18.0. The number of alkyl halides is 1. The first-order valence-electron chi connectivity index (χ1n) is 8.61. The zero-order valence-electron chi connectivity index (χ0n) is 15.1. The van der Waals surface area contributed by atoms with Gasteiger partial charge in [0.1, 0.15) is 11.3 Å². The zero-order valence-corrected chi connectivity index (χ0v) is 15.1. The lowest BCUT2D eigenvalue weighted by Crippen LogP contribution is -2.46. The molecule has 2 saturated heterocycles. The molecule has 0 aromatic heterocycles. The van der Waals surface area contributed by atoms with Crippen LogP contribution in [-0.2, 0) is 14.3 Å². The highest BCUT2D eigenvalue weighted by atomic mass is 19.1. The smallest absolute Gasteiger partial charge is 0.410 e. The SMILES string of the molecule is CC(C)(C)OC(=O)N1CCN(C(=O)C2CCOCC2)C[C@](C)(F)C1. The van der Waals surface area contributed by atoms with Gasteiger partial charge in [-0.05, 0) is 40.5 Å². The van der Waals surface area contributed by atoms with E-state index in [1.165, 1.54) is 11.8 Å². The third kappa shape index (κ3) is 5.33. The van der Waals surface area contributed by atoms with Crippen LogP contribution in [-0.4, -0.2) is 72.5 Å². The average molecular weight is 344 g/mol. The standard InChI is InChI=1S/C17H29FN2O4/c1-16(2,3)24-15(22)20-8-7-19(11-17(4,18)12-20)14(21)13-5-9-23-10-6-13/h13H,5-12H2,1-4H3/t17-/m0/s1. The summed E-state index contributed by atoms with van der Waals surface area (Å²) in [5.41, 5.74) is -2.29. The van der Waals surface area contributed by atoms with Crippen molar-refractivity contribution in [3.63, 3.8) is 0 Å². The lowest BCUT2D eigenvalue weighted by Gasteiger charge is -2.31. The minimum absolute atomic E-state index is 0.00247. The number of ether oxygens (including phenoxy) is 2. The van der Waals surface area contributed by atoms with E-state index in [4.69, 9.17) is 9.47 Å². The van der Waals surface area contributed by atoms with Crippen molar-refractivity contribution >= 4 is 12.0 Å². The fourth-order valence-corrected chi connectivity index (χ4v) is 3.12. The third-order valence-electron chi connectivity index (χ3n) is 4.21. The van der Waals surface area contributed by atoms with E-state index in [2.05, 4.69) is 0 Å². The maximum Gasteiger partial charge on any atom is 0.410 e. The molecule has 6 nitrogen and oxygen atoms in total. The van der Waals surface area contributed by atoms with Crippen LogP contribution in [0.2, 0.25) is 0 Å². The third-order valence-corrected chi connectivity index (χ3v) is 4.21. The van der Waals surface area contributed by atoms with Crippen molar-refractivity contribution in [3.05, 3.63) is 0 Å². The molecule has 0 N–H and O–H groups in total. The number of hydrogen-bond acceptors (Lipinski definition) is 4. The molecule has 0 aromatic carbocycles. The summed E-state index contributed by atoms with van der Waals surface area (Å²) in [6.07, 6.45) is 0.814. The van der Waals surface area contributed by atoms with E-state index in [0.29, 0.717) is 32.6 Å². The summed E-state index contributed by atoms with van der Waals surface area (Å²) in [6.45, 7) is 8.44. The molecule has 0 bridgehead atoms. The normalized spacial score (nSPS) is 26.9. The number of amides is 2. The topological polar surface area (TPSA) is 59.1 Å². The Morgan fingerprint density at radius 1 is 1.12 bits per heavy atom. The van der Waals surface area contributed by atoms with E-state index in [-0.39, 0.29) is 31.5 Å². The van der Waals surface area contributed by atoms with E-state index >= 15 is 0 Å². The Balaban J connectivity index is 2.03. The summed E-state index contributed by atoms with van der Waals surface area (Å²) in [5.74, 6) is -0.143. The molecule has 24 heavy (non-hydrogen) atoms. The van der Waals surface area contributed by atoms with E-state index in [1.54, 1.807) is 25.7 Å². The molecule has 0 spiro atoms. The predicted molar refractivity (Wildman–Crippen MR) is 87.4 cm³/mol. The number of nitrogens with zero attached hydrogens (tertiary/aromatic N) is 2. The van der Waals surface area contributed by atoms with Gasteiger partial charge in [0.2, 0.25) is 5.91 Å². The van der Waals surface area contributed by atoms with Crippen molar-refractivity contribution in [3.8, 4) is 0 Å². The Hall–Kier alpha value is -1.37. The van der Waals surface area contributed by atoms with E-state index in [1.807, 2.05) is 0 Å². The molecule has 2 rings (SSSR count). The minimum atomic E-state index is -1.66. The van der Waals surface area contributed by atoms with Crippen molar-refractivity contribution in [2.45, 2.75) is 51.8 Å². The Labute approximate surface area is 143 Å². The lowest BCUT2D eigenvalue weighted by atomic mass is 9.98. The van der Waals surface area contributed by atoms with Gasteiger partial charge in [0, 0.05) is 32.2 Å². The highest BCUT2D eigenvalue weighted by Gasteiger charge is 2.39. The highest BCUT2D eigenvalue weighted by Crippen LogP contribution is 2.24. The van der Waals surface area contributed by atoms with Gasteiger partial charge in [-0.2, -0.15) is 0 Å². The lowest BCUT2D eigenvalue weighted by molar-refractivity contribution is -0.139. The van der Waals surface area contributed by atoms with Crippen molar-refractivity contribution in [1.82, 2.24) is 9.80 Å². The van der Waals surface area contributed by atoms with Gasteiger partial charge in [-0.3, -0.25) is 4.79 Å². The monoisotopic (exact) mass is 344 g/mol. The fraction of sp³-hybridized carbons (Fsp3) is 0.882. The molecule has 2 aliphatic heterocycles. The van der Waals surface area contributed by atoms with Gasteiger partial charge in [-0.25, -0.2) is 9.18 Å². The Bertz CT molecular complexity index is 470. The molecule has 2 fully saturated rings. The number of halogens is 1. The molecule has 2 aliphatic rings. The van der Waals surface area contributed by atoms with Gasteiger partial charge in [0.25, 0.3) is 0 Å². The first-order chi connectivity index (χ1) is 11.1. The van der Waals surface area contributed by atoms with Crippen LogP contribution in [0.5, 0.6) is 0 Å². The van der Waals surface area contributed by atoms with Crippen LogP contribution in [0.3, 0.4) is 0 Å². The second-order valence-electron chi connectivity index (χ2n) is 7.96. The number of carbonyl (C=O) groups is 2. The largest absolute Gasteiger partial charge is 0.444 e. The average Bonchev–Trinajstić information content (AvgIpc) is 2.64. The highest BCUT2D eigenvalue weighted by molar-refractivity contribution is 5.79. The summed E-state index contributed by atoms with van der Waals surface area (Å²) >= 11 is 0. The van der Waals surface area contributed by atoms with E-state index in [0.717, 1.165) is 0 Å². The quantitative estimate of drug-likeness (QED) is 0.732. The number of hydrogen-bond donors (Lipinski definition) is 0. The summed E-state index contributed by atoms with van der Waals surface area (Å²) in [6, 6.07) is 0. The van der Waals surface area contributed by atoms with Gasteiger partial charge in [0.05, 0.1) is 13.1 Å². The van der Waals surface area contributed by atoms with Crippen LogP contribution < -0.4 is 0 Å². The molecule has 2 amide bonds. The molecule has 0 aromatic rings. The summed E-state index contributed by atoms with van der Waals surface area (Å²) in [4.78, 5) is 27.8. The van der Waals surface area contributed by atoms with Gasteiger partial charge in [0.15, 0.2) is 0 Å². The van der Waals surface area contributed by atoms with Crippen LogP contribution in [0.1, 0.15) is 40.5 Å². The van der Waals surface area contributed by atoms with Crippen LogP contribution in [0.4, 0.5) is 9.18 Å². The molecular weight excluding hydrogens is 315 g/mol. The summed E-state index contributed by atoms with van der Waals surface area (Å²) < 4.78 is 25.5. The molecule has 138 valence electrons. The number of carbonyl (C=O) groups excluding carboxylic acids is 2. The fourth-order valence-electron chi connectivity index (χ4n) is 3.12. The van der Waals surface area contributed by atoms with Crippen LogP contribution in [0, 0.1) is 5.92 Å². The molecule has 0 aliphatic carbocycles. The maximum absolute atomic E-state index is 14.9. The van der Waals surface area contributed by atoms with Crippen molar-refractivity contribution in [2.24, 2.45) is 5.92 Å². The molecule has 0 radical (unpaired) electrons. The predicted octanol–water partition coefficient (Wildman–Crippen LogP) is 2.22. The molecule has 0 saturated carbocycles. The molecule has 2 heterocycles. The Morgan fingerprint density at radius 2 is 1.67 bits per heavy atom. The van der Waals surface area contributed by atoms with Gasteiger partial charge in [-0.15, -0.1) is 0 Å². The second kappa shape index (κ2) is 7.25. The molecular formula is C17H29FN2O4. The van der Waals surface area contributed by atoms with Crippen molar-refractivity contribution in [1.29, 1.82) is 0 Å². The number of rotatable bonds is 1. The first kappa shape index (κ1) is 19.0. The minimum Gasteiger partial charge on any atom is -0.444 e. The van der Waals surface area contributed by atoms with Crippen molar-refractivity contribution in [2.75, 3.05) is 39.4 Å². The Kier molecular flexibility index (Phi) is 5.73. The first-order valence-corrected chi connectivity index (χ1v) is 8.61. The van der Waals surface area contributed by atoms with E-state index in [9.17, 15) is 14.0 Å². The van der Waals surface area contributed by atoms with Crippen LogP contribution >= 0.6 is 0 Å². The molecule has 7 heteroatoms. The maximum atomic E-state index is 14.9. The summed E-state index contributed by atoms with van der Waals surface area (Å²) in [5, 5.41) is 0. The molecule has 0 unspecified atom stereocenters. The van der Waals surface area contributed by atoms with Gasteiger partial charge >= 0.3 is 6.09 Å². The van der Waals surface area contributed by atoms with Crippen LogP contribution in [0.15, 0.2) is 0 Å². The van der Waals surface area contributed by atoms with Crippen LogP contribution in [0.25, 0.3) is 0 Å². The van der Waals surface area contributed by atoms with Crippen molar-refractivity contribution < 1.29 is 23.5 Å². The molecule has 1 atom stereocenters.